The Bertz CT molecular complexity index is 956. The third-order valence-electron chi connectivity index (χ3n) is 4.60. The second-order valence-corrected chi connectivity index (χ2v) is 10.4. The minimum absolute atomic E-state index is 0.0552. The summed E-state index contributed by atoms with van der Waals surface area (Å²) >= 11 is 6.84. The van der Waals surface area contributed by atoms with Crippen LogP contribution in [0.3, 0.4) is 0 Å². The van der Waals surface area contributed by atoms with Crippen molar-refractivity contribution < 1.29 is 22.0 Å². The van der Waals surface area contributed by atoms with Gasteiger partial charge in [0, 0.05) is 38.3 Å². The zero-order chi connectivity index (χ0) is 21.0. The fraction of sp³-hybridized carbons (Fsp3) is 0.389. The Labute approximate surface area is 177 Å². The van der Waals surface area contributed by atoms with Gasteiger partial charge in [-0.3, -0.25) is 9.69 Å². The first-order valence-corrected chi connectivity index (χ1v) is 11.6. The van der Waals surface area contributed by atoms with Crippen molar-refractivity contribution >= 4 is 38.9 Å². The van der Waals surface area contributed by atoms with Crippen molar-refractivity contribution in [3.05, 3.63) is 51.9 Å². The van der Waals surface area contributed by atoms with Gasteiger partial charge in [0.05, 0.1) is 10.9 Å². The van der Waals surface area contributed by atoms with Crippen LogP contribution in [0.15, 0.2) is 34.5 Å². The Hall–Kier alpha value is -1.59. The van der Waals surface area contributed by atoms with E-state index in [4.69, 9.17) is 11.6 Å². The minimum atomic E-state index is -3.58. The van der Waals surface area contributed by atoms with E-state index in [0.29, 0.717) is 17.4 Å². The van der Waals surface area contributed by atoms with E-state index in [-0.39, 0.29) is 48.3 Å². The summed E-state index contributed by atoms with van der Waals surface area (Å²) in [6.07, 6.45) is 0.0552. The van der Waals surface area contributed by atoms with Gasteiger partial charge in [0.25, 0.3) is 10.0 Å². The zero-order valence-electron chi connectivity index (χ0n) is 15.4. The summed E-state index contributed by atoms with van der Waals surface area (Å²) in [5.41, 5.74) is -0.0553. The first-order chi connectivity index (χ1) is 13.8. The number of nitrogens with one attached hydrogen (secondary N) is 1. The summed E-state index contributed by atoms with van der Waals surface area (Å²) in [7, 11) is -3.58. The molecule has 1 saturated heterocycles. The summed E-state index contributed by atoms with van der Waals surface area (Å²) in [6.45, 7) is 1.57. The standard InChI is InChI=1S/C18H20ClF2N3O3S2/c19-16-4-5-18(28-16)29(26,27)24-10-8-23(9-11-24)12-17(25)22-7-6-13-14(20)2-1-3-15(13)21/h1-5H,6-12H2,(H,22,25). The fourth-order valence-electron chi connectivity index (χ4n) is 3.05. The van der Waals surface area contributed by atoms with Crippen molar-refractivity contribution in [2.75, 3.05) is 39.3 Å². The Morgan fingerprint density at radius 3 is 2.34 bits per heavy atom. The minimum Gasteiger partial charge on any atom is -0.355 e. The van der Waals surface area contributed by atoms with Gasteiger partial charge in [0.15, 0.2) is 0 Å². The highest BCUT2D eigenvalue weighted by Crippen LogP contribution is 2.28. The van der Waals surface area contributed by atoms with Gasteiger partial charge >= 0.3 is 0 Å². The van der Waals surface area contributed by atoms with E-state index in [9.17, 15) is 22.0 Å². The van der Waals surface area contributed by atoms with Crippen LogP contribution in [0.4, 0.5) is 8.78 Å². The number of sulfonamides is 1. The Kier molecular flexibility index (Phi) is 7.23. The van der Waals surface area contributed by atoms with Gasteiger partial charge in [-0.15, -0.1) is 11.3 Å². The maximum atomic E-state index is 13.6. The van der Waals surface area contributed by atoms with Gasteiger partial charge in [-0.05, 0) is 30.7 Å². The highest BCUT2D eigenvalue weighted by atomic mass is 35.5. The molecule has 1 N–H and O–H groups in total. The van der Waals surface area contributed by atoms with Crippen LogP contribution in [0.5, 0.6) is 0 Å². The number of nitrogens with zero attached hydrogens (tertiary/aromatic N) is 2. The van der Waals surface area contributed by atoms with E-state index in [2.05, 4.69) is 5.32 Å². The number of thiophene rings is 1. The van der Waals surface area contributed by atoms with Crippen LogP contribution < -0.4 is 5.32 Å². The van der Waals surface area contributed by atoms with Gasteiger partial charge in [0.1, 0.15) is 15.8 Å². The van der Waals surface area contributed by atoms with Crippen molar-refractivity contribution in [3.63, 3.8) is 0 Å². The SMILES string of the molecule is O=C(CN1CCN(S(=O)(=O)c2ccc(Cl)s2)CC1)NCCc1c(F)cccc1F. The molecule has 1 aliphatic heterocycles. The molecule has 1 aromatic heterocycles. The summed E-state index contributed by atoms with van der Waals surface area (Å²) in [6, 6.07) is 6.68. The molecule has 29 heavy (non-hydrogen) atoms. The topological polar surface area (TPSA) is 69.7 Å². The lowest BCUT2D eigenvalue weighted by Crippen LogP contribution is -2.51. The molecule has 2 aromatic rings. The molecule has 6 nitrogen and oxygen atoms in total. The maximum Gasteiger partial charge on any atom is 0.252 e. The highest BCUT2D eigenvalue weighted by Gasteiger charge is 2.30. The third kappa shape index (κ3) is 5.52. The lowest BCUT2D eigenvalue weighted by molar-refractivity contribution is -0.122. The van der Waals surface area contributed by atoms with E-state index < -0.39 is 21.7 Å². The molecule has 3 rings (SSSR count). The zero-order valence-corrected chi connectivity index (χ0v) is 17.8. The van der Waals surface area contributed by atoms with Crippen LogP contribution in [0, 0.1) is 11.6 Å². The molecule has 1 fully saturated rings. The second-order valence-electron chi connectivity index (χ2n) is 6.54. The average Bonchev–Trinajstić information content (AvgIpc) is 3.12. The van der Waals surface area contributed by atoms with Gasteiger partial charge in [0.2, 0.25) is 5.91 Å². The summed E-state index contributed by atoms with van der Waals surface area (Å²) < 4.78 is 54.3. The molecule has 0 radical (unpaired) electrons. The molecule has 11 heteroatoms. The van der Waals surface area contributed by atoms with Gasteiger partial charge < -0.3 is 5.32 Å². The predicted octanol–water partition coefficient (Wildman–Crippen LogP) is 2.34. The molecule has 1 amide bonds. The van der Waals surface area contributed by atoms with Crippen molar-refractivity contribution in [1.82, 2.24) is 14.5 Å². The summed E-state index contributed by atoms with van der Waals surface area (Å²) in [4.78, 5) is 13.9. The number of benzene rings is 1. The van der Waals surface area contributed by atoms with E-state index in [1.807, 2.05) is 4.90 Å². The molecule has 0 saturated carbocycles. The number of hydrogen-bond acceptors (Lipinski definition) is 5. The van der Waals surface area contributed by atoms with E-state index in [1.54, 1.807) is 6.07 Å². The molecule has 158 valence electrons. The molecular formula is C18H20ClF2N3O3S2. The quantitative estimate of drug-likeness (QED) is 0.684. The van der Waals surface area contributed by atoms with Crippen LogP contribution in [-0.4, -0.2) is 62.8 Å². The van der Waals surface area contributed by atoms with Crippen LogP contribution in [0.25, 0.3) is 0 Å². The number of carbonyl (C=O) groups is 1. The van der Waals surface area contributed by atoms with E-state index in [1.165, 1.54) is 28.6 Å². The predicted molar refractivity (Wildman–Crippen MR) is 108 cm³/mol. The maximum absolute atomic E-state index is 13.6. The van der Waals surface area contributed by atoms with Gasteiger partial charge in [-0.1, -0.05) is 17.7 Å². The van der Waals surface area contributed by atoms with Crippen LogP contribution in [0.2, 0.25) is 4.34 Å². The Balaban J connectivity index is 1.44. The van der Waals surface area contributed by atoms with E-state index in [0.717, 1.165) is 11.3 Å². The van der Waals surface area contributed by atoms with Crippen LogP contribution >= 0.6 is 22.9 Å². The average molecular weight is 464 g/mol. The Morgan fingerprint density at radius 2 is 1.76 bits per heavy atom. The van der Waals surface area contributed by atoms with Gasteiger partial charge in [-0.2, -0.15) is 4.31 Å². The van der Waals surface area contributed by atoms with Crippen LogP contribution in [0.1, 0.15) is 5.56 Å². The number of carbonyl (C=O) groups excluding carboxylic acids is 1. The van der Waals surface area contributed by atoms with E-state index >= 15 is 0 Å². The lowest BCUT2D eigenvalue weighted by Gasteiger charge is -2.33. The summed E-state index contributed by atoms with van der Waals surface area (Å²) in [5, 5.41) is 2.64. The van der Waals surface area contributed by atoms with Crippen molar-refractivity contribution in [1.29, 1.82) is 0 Å². The smallest absolute Gasteiger partial charge is 0.252 e. The van der Waals surface area contributed by atoms with Crippen molar-refractivity contribution in [2.45, 2.75) is 10.6 Å². The number of halogens is 3. The monoisotopic (exact) mass is 463 g/mol. The number of amides is 1. The van der Waals surface area contributed by atoms with Gasteiger partial charge in [-0.25, -0.2) is 17.2 Å². The second kappa shape index (κ2) is 9.48. The molecule has 0 unspecified atom stereocenters. The lowest BCUT2D eigenvalue weighted by atomic mass is 10.1. The Morgan fingerprint density at radius 1 is 1.10 bits per heavy atom. The number of rotatable bonds is 7. The normalized spacial score (nSPS) is 16.1. The molecule has 2 heterocycles. The van der Waals surface area contributed by atoms with Crippen molar-refractivity contribution in [2.24, 2.45) is 0 Å². The largest absolute Gasteiger partial charge is 0.355 e. The van der Waals surface area contributed by atoms with Crippen molar-refractivity contribution in [3.8, 4) is 0 Å². The highest BCUT2D eigenvalue weighted by molar-refractivity contribution is 7.91. The molecule has 1 aliphatic rings. The number of piperazine rings is 1. The number of hydrogen-bond donors (Lipinski definition) is 1. The molecule has 1 aromatic carbocycles. The molecular weight excluding hydrogens is 444 g/mol. The van der Waals surface area contributed by atoms with Crippen LogP contribution in [-0.2, 0) is 21.2 Å². The molecule has 0 spiro atoms. The summed E-state index contributed by atoms with van der Waals surface area (Å²) in [5.74, 6) is -1.55. The molecule has 0 aliphatic carbocycles. The molecule has 0 bridgehead atoms. The molecule has 0 atom stereocenters. The fourth-order valence-corrected chi connectivity index (χ4v) is 6.11. The first-order valence-electron chi connectivity index (χ1n) is 8.95. The first kappa shape index (κ1) is 22.1. The third-order valence-corrected chi connectivity index (χ3v) is 8.20.